The molecule has 3 rings (SSSR count). The molecule has 1 saturated carbocycles. The molecule has 0 radical (unpaired) electrons. The minimum Gasteiger partial charge on any atom is -0.383 e. The summed E-state index contributed by atoms with van der Waals surface area (Å²) in [5.41, 5.74) is 11.0. The minimum atomic E-state index is 0.778. The molecule has 0 spiro atoms. The first kappa shape index (κ1) is 12.3. The average Bonchev–Trinajstić information content (AvgIpc) is 2.60. The highest BCUT2D eigenvalue weighted by Crippen LogP contribution is 2.35. The normalized spacial score (nSPS) is 15.5. The van der Waals surface area contributed by atoms with Crippen molar-refractivity contribution < 1.29 is 0 Å². The molecule has 0 atom stereocenters. The van der Waals surface area contributed by atoms with E-state index in [0.29, 0.717) is 0 Å². The molecule has 1 aromatic heterocycles. The third kappa shape index (κ3) is 2.25. The van der Waals surface area contributed by atoms with E-state index in [2.05, 4.69) is 36.3 Å². The van der Waals surface area contributed by atoms with Gasteiger partial charge in [-0.1, -0.05) is 49.1 Å². The van der Waals surface area contributed by atoms with Gasteiger partial charge in [-0.25, -0.2) is 0 Å². The SMILES string of the molecule is Cc1cccc(-c2c(CC3CCC3)nn(C)c2N)c1. The van der Waals surface area contributed by atoms with Crippen LogP contribution in [0.25, 0.3) is 11.1 Å². The summed E-state index contributed by atoms with van der Waals surface area (Å²) in [5, 5.41) is 4.63. The minimum absolute atomic E-state index is 0.778. The first-order valence-electron chi connectivity index (χ1n) is 7.03. The van der Waals surface area contributed by atoms with Gasteiger partial charge in [0.05, 0.1) is 5.69 Å². The lowest BCUT2D eigenvalue weighted by Gasteiger charge is -2.24. The number of aryl methyl sites for hydroxylation is 2. The van der Waals surface area contributed by atoms with E-state index in [9.17, 15) is 0 Å². The van der Waals surface area contributed by atoms with E-state index in [0.717, 1.165) is 29.4 Å². The summed E-state index contributed by atoms with van der Waals surface area (Å²) in [6.45, 7) is 2.11. The van der Waals surface area contributed by atoms with Gasteiger partial charge >= 0.3 is 0 Å². The molecule has 1 aliphatic rings. The zero-order valence-electron chi connectivity index (χ0n) is 11.7. The van der Waals surface area contributed by atoms with E-state index in [1.807, 2.05) is 11.7 Å². The van der Waals surface area contributed by atoms with Gasteiger partial charge < -0.3 is 5.73 Å². The summed E-state index contributed by atoms with van der Waals surface area (Å²) in [6, 6.07) is 8.52. The number of hydrogen-bond acceptors (Lipinski definition) is 2. The Labute approximate surface area is 114 Å². The molecule has 1 heterocycles. The van der Waals surface area contributed by atoms with Crippen LogP contribution in [0.15, 0.2) is 24.3 Å². The van der Waals surface area contributed by atoms with Gasteiger partial charge in [0.2, 0.25) is 0 Å². The number of anilines is 1. The molecule has 0 bridgehead atoms. The lowest BCUT2D eigenvalue weighted by molar-refractivity contribution is 0.311. The maximum atomic E-state index is 6.22. The lowest BCUT2D eigenvalue weighted by Crippen LogP contribution is -2.14. The van der Waals surface area contributed by atoms with Crippen molar-refractivity contribution in [2.24, 2.45) is 13.0 Å². The van der Waals surface area contributed by atoms with E-state index >= 15 is 0 Å². The van der Waals surface area contributed by atoms with E-state index in [-0.39, 0.29) is 0 Å². The third-order valence-electron chi connectivity index (χ3n) is 4.18. The summed E-state index contributed by atoms with van der Waals surface area (Å²) in [6.07, 6.45) is 5.11. The first-order valence-corrected chi connectivity index (χ1v) is 7.03. The average molecular weight is 255 g/mol. The van der Waals surface area contributed by atoms with Crippen LogP contribution < -0.4 is 5.73 Å². The highest BCUT2D eigenvalue weighted by atomic mass is 15.3. The van der Waals surface area contributed by atoms with Crippen molar-refractivity contribution in [3.8, 4) is 11.1 Å². The molecule has 2 aromatic rings. The van der Waals surface area contributed by atoms with Crippen LogP contribution in [-0.2, 0) is 13.5 Å². The van der Waals surface area contributed by atoms with Crippen molar-refractivity contribution in [1.82, 2.24) is 9.78 Å². The second kappa shape index (κ2) is 4.72. The molecule has 2 N–H and O–H groups in total. The van der Waals surface area contributed by atoms with Gasteiger partial charge in [-0.15, -0.1) is 0 Å². The molecule has 3 heteroatoms. The topological polar surface area (TPSA) is 43.8 Å². The van der Waals surface area contributed by atoms with Crippen LogP contribution in [-0.4, -0.2) is 9.78 Å². The van der Waals surface area contributed by atoms with E-state index in [1.54, 1.807) is 0 Å². The van der Waals surface area contributed by atoms with Crippen LogP contribution in [0, 0.1) is 12.8 Å². The third-order valence-corrected chi connectivity index (χ3v) is 4.18. The molecule has 19 heavy (non-hydrogen) atoms. The van der Waals surface area contributed by atoms with E-state index in [4.69, 9.17) is 5.73 Å². The lowest BCUT2D eigenvalue weighted by atomic mass is 9.81. The van der Waals surface area contributed by atoms with E-state index in [1.165, 1.54) is 30.4 Å². The fraction of sp³-hybridized carbons (Fsp3) is 0.438. The predicted molar refractivity (Wildman–Crippen MR) is 78.8 cm³/mol. The van der Waals surface area contributed by atoms with Gasteiger partial charge in [0.15, 0.2) is 0 Å². The van der Waals surface area contributed by atoms with Crippen molar-refractivity contribution in [2.75, 3.05) is 5.73 Å². The number of nitrogen functional groups attached to an aromatic ring is 1. The zero-order valence-corrected chi connectivity index (χ0v) is 11.7. The molecule has 100 valence electrons. The van der Waals surface area contributed by atoms with Crippen LogP contribution >= 0.6 is 0 Å². The van der Waals surface area contributed by atoms with Gasteiger partial charge in [-0.2, -0.15) is 5.10 Å². The van der Waals surface area contributed by atoms with E-state index < -0.39 is 0 Å². The van der Waals surface area contributed by atoms with Crippen molar-refractivity contribution >= 4 is 5.82 Å². The number of rotatable bonds is 3. The van der Waals surface area contributed by atoms with Gasteiger partial charge in [0, 0.05) is 12.6 Å². The fourth-order valence-corrected chi connectivity index (χ4v) is 2.82. The van der Waals surface area contributed by atoms with Gasteiger partial charge in [0.25, 0.3) is 0 Å². The summed E-state index contributed by atoms with van der Waals surface area (Å²) in [4.78, 5) is 0. The van der Waals surface area contributed by atoms with Crippen molar-refractivity contribution in [2.45, 2.75) is 32.6 Å². The summed E-state index contributed by atoms with van der Waals surface area (Å²) >= 11 is 0. The van der Waals surface area contributed by atoms with Crippen molar-refractivity contribution in [3.05, 3.63) is 35.5 Å². The quantitative estimate of drug-likeness (QED) is 0.914. The second-order valence-corrected chi connectivity index (χ2v) is 5.70. The summed E-state index contributed by atoms with van der Waals surface area (Å²) in [7, 11) is 1.93. The highest BCUT2D eigenvalue weighted by Gasteiger charge is 2.23. The molecule has 3 nitrogen and oxygen atoms in total. The first-order chi connectivity index (χ1) is 9.15. The Morgan fingerprint density at radius 2 is 2.16 bits per heavy atom. The Kier molecular flexibility index (Phi) is 3.05. The summed E-state index contributed by atoms with van der Waals surface area (Å²) < 4.78 is 1.81. The maximum absolute atomic E-state index is 6.22. The van der Waals surface area contributed by atoms with Crippen LogP contribution in [0.5, 0.6) is 0 Å². The molecule has 0 aliphatic heterocycles. The Bertz CT molecular complexity index is 594. The predicted octanol–water partition coefficient (Wildman–Crippen LogP) is 3.32. The number of aromatic nitrogens is 2. The van der Waals surface area contributed by atoms with Crippen molar-refractivity contribution in [3.63, 3.8) is 0 Å². The molecule has 0 unspecified atom stereocenters. The monoisotopic (exact) mass is 255 g/mol. The zero-order chi connectivity index (χ0) is 13.4. The Morgan fingerprint density at radius 1 is 1.37 bits per heavy atom. The van der Waals surface area contributed by atoms with Gasteiger partial charge in [0.1, 0.15) is 5.82 Å². The molecule has 1 aliphatic carbocycles. The largest absolute Gasteiger partial charge is 0.383 e. The van der Waals surface area contributed by atoms with Gasteiger partial charge in [-0.05, 0) is 24.8 Å². The number of nitrogens with zero attached hydrogens (tertiary/aromatic N) is 2. The van der Waals surface area contributed by atoms with Crippen LogP contribution in [0.3, 0.4) is 0 Å². The standard InChI is InChI=1S/C16H21N3/c1-11-5-3-8-13(9-11)15-14(10-12-6-4-7-12)18-19(2)16(15)17/h3,5,8-9,12H,4,6-7,10,17H2,1-2H3. The maximum Gasteiger partial charge on any atom is 0.129 e. The highest BCUT2D eigenvalue weighted by molar-refractivity contribution is 5.77. The van der Waals surface area contributed by atoms with Crippen LogP contribution in [0.1, 0.15) is 30.5 Å². The van der Waals surface area contributed by atoms with Crippen LogP contribution in [0.2, 0.25) is 0 Å². The number of hydrogen-bond donors (Lipinski definition) is 1. The fourth-order valence-electron chi connectivity index (χ4n) is 2.82. The number of nitrogens with two attached hydrogens (primary N) is 1. The van der Waals surface area contributed by atoms with Crippen molar-refractivity contribution in [1.29, 1.82) is 0 Å². The molecule has 0 saturated heterocycles. The molecule has 1 fully saturated rings. The molecular formula is C16H21N3. The molecule has 1 aromatic carbocycles. The molecule has 0 amide bonds. The smallest absolute Gasteiger partial charge is 0.129 e. The van der Waals surface area contributed by atoms with Gasteiger partial charge in [-0.3, -0.25) is 4.68 Å². The second-order valence-electron chi connectivity index (χ2n) is 5.70. The Morgan fingerprint density at radius 3 is 2.79 bits per heavy atom. The Balaban J connectivity index is 2.02. The number of benzene rings is 1. The summed E-state index contributed by atoms with van der Waals surface area (Å²) in [5.74, 6) is 1.58. The Hall–Kier alpha value is -1.77. The molecular weight excluding hydrogens is 234 g/mol. The van der Waals surface area contributed by atoms with Crippen LogP contribution in [0.4, 0.5) is 5.82 Å².